The number of halogens is 2. The van der Waals surface area contributed by atoms with Crippen molar-refractivity contribution in [1.29, 1.82) is 0 Å². The molecule has 3 rings (SSSR count). The maximum absolute atomic E-state index is 13.4. The van der Waals surface area contributed by atoms with Crippen LogP contribution in [0.2, 0.25) is 0 Å². The van der Waals surface area contributed by atoms with Crippen LogP contribution in [0.5, 0.6) is 0 Å². The molecule has 7 heteroatoms. The second-order valence-corrected chi connectivity index (χ2v) is 6.79. The first-order chi connectivity index (χ1) is 12.3. The minimum absolute atomic E-state index is 0.164. The lowest BCUT2D eigenvalue weighted by molar-refractivity contribution is 0.0746. The Kier molecular flexibility index (Phi) is 5.15. The number of hydrogen-bond donors (Lipinski definition) is 0. The molecule has 1 aromatic heterocycles. The molecule has 26 heavy (non-hydrogen) atoms. The van der Waals surface area contributed by atoms with Crippen molar-refractivity contribution in [2.24, 2.45) is 0 Å². The Morgan fingerprint density at radius 2 is 1.73 bits per heavy atom. The van der Waals surface area contributed by atoms with E-state index in [1.54, 1.807) is 4.90 Å². The molecule has 2 aromatic rings. The van der Waals surface area contributed by atoms with E-state index in [-0.39, 0.29) is 17.4 Å². The van der Waals surface area contributed by atoms with Gasteiger partial charge >= 0.3 is 0 Å². The number of anilines is 1. The number of piperazine rings is 1. The van der Waals surface area contributed by atoms with Gasteiger partial charge in [0.05, 0.1) is 0 Å². The van der Waals surface area contributed by atoms with Crippen LogP contribution in [0.25, 0.3) is 0 Å². The Morgan fingerprint density at radius 3 is 2.35 bits per heavy atom. The van der Waals surface area contributed by atoms with E-state index in [0.29, 0.717) is 26.2 Å². The monoisotopic (exact) mass is 360 g/mol. The van der Waals surface area contributed by atoms with Crippen LogP contribution in [0.4, 0.5) is 14.6 Å². The van der Waals surface area contributed by atoms with E-state index in [0.717, 1.165) is 29.5 Å². The standard InChI is InChI=1S/C19H22F2N4O/c1-12(2)18-22-13(3)10-17(23-18)24-6-8-25(9-7-24)19(26)14-4-5-15(20)16(21)11-14/h4-5,10-12H,6-9H2,1-3H3. The van der Waals surface area contributed by atoms with Gasteiger partial charge in [-0.25, -0.2) is 18.7 Å². The van der Waals surface area contributed by atoms with Crippen LogP contribution >= 0.6 is 0 Å². The zero-order chi connectivity index (χ0) is 18.8. The smallest absolute Gasteiger partial charge is 0.254 e. The molecule has 1 aliphatic heterocycles. The summed E-state index contributed by atoms with van der Waals surface area (Å²) in [6.45, 7) is 8.30. The highest BCUT2D eigenvalue weighted by Gasteiger charge is 2.24. The van der Waals surface area contributed by atoms with Gasteiger partial charge in [-0.1, -0.05) is 13.8 Å². The first-order valence-corrected chi connectivity index (χ1v) is 8.70. The molecule has 0 saturated carbocycles. The Balaban J connectivity index is 1.69. The molecule has 138 valence electrons. The Bertz CT molecular complexity index is 817. The molecular weight excluding hydrogens is 338 g/mol. The van der Waals surface area contributed by atoms with Gasteiger partial charge in [0, 0.05) is 49.4 Å². The summed E-state index contributed by atoms with van der Waals surface area (Å²) in [5.74, 6) is -0.338. The summed E-state index contributed by atoms with van der Waals surface area (Å²) >= 11 is 0. The minimum atomic E-state index is -1.01. The predicted octanol–water partition coefficient (Wildman–Crippen LogP) is 3.15. The zero-order valence-electron chi connectivity index (χ0n) is 15.2. The van der Waals surface area contributed by atoms with Gasteiger partial charge in [0.15, 0.2) is 11.6 Å². The van der Waals surface area contributed by atoms with Crippen molar-refractivity contribution in [2.45, 2.75) is 26.7 Å². The van der Waals surface area contributed by atoms with Gasteiger partial charge in [-0.2, -0.15) is 0 Å². The predicted molar refractivity (Wildman–Crippen MR) is 95.3 cm³/mol. The molecule has 0 radical (unpaired) electrons. The molecule has 0 unspecified atom stereocenters. The average molecular weight is 360 g/mol. The molecule has 1 fully saturated rings. The van der Waals surface area contributed by atoms with Gasteiger partial charge < -0.3 is 9.80 Å². The molecule has 1 aromatic carbocycles. The highest BCUT2D eigenvalue weighted by Crippen LogP contribution is 2.19. The summed E-state index contributed by atoms with van der Waals surface area (Å²) in [6.07, 6.45) is 0. The molecule has 1 amide bonds. The van der Waals surface area contributed by atoms with Gasteiger partial charge in [0.1, 0.15) is 11.6 Å². The summed E-state index contributed by atoms with van der Waals surface area (Å²) in [5, 5.41) is 0. The lowest BCUT2D eigenvalue weighted by Gasteiger charge is -2.35. The van der Waals surface area contributed by atoms with E-state index >= 15 is 0 Å². The van der Waals surface area contributed by atoms with Gasteiger partial charge in [-0.15, -0.1) is 0 Å². The van der Waals surface area contributed by atoms with Gasteiger partial charge in [0.25, 0.3) is 5.91 Å². The third-order valence-electron chi connectivity index (χ3n) is 4.43. The summed E-state index contributed by atoms with van der Waals surface area (Å²) in [5.41, 5.74) is 1.08. The normalized spacial score (nSPS) is 14.8. The Labute approximate surface area is 151 Å². The van der Waals surface area contributed by atoms with Crippen molar-refractivity contribution >= 4 is 11.7 Å². The molecule has 0 aliphatic carbocycles. The van der Waals surface area contributed by atoms with Crippen molar-refractivity contribution in [3.63, 3.8) is 0 Å². The maximum Gasteiger partial charge on any atom is 0.254 e. The molecular formula is C19H22F2N4O. The summed E-state index contributed by atoms with van der Waals surface area (Å²) in [6, 6.07) is 5.19. The molecule has 2 heterocycles. The molecule has 5 nitrogen and oxygen atoms in total. The van der Waals surface area contributed by atoms with Gasteiger partial charge in [-0.05, 0) is 25.1 Å². The van der Waals surface area contributed by atoms with Crippen LogP contribution in [0.15, 0.2) is 24.3 Å². The summed E-state index contributed by atoms with van der Waals surface area (Å²) in [4.78, 5) is 25.4. The van der Waals surface area contributed by atoms with Gasteiger partial charge in [0.2, 0.25) is 0 Å². The fourth-order valence-corrected chi connectivity index (χ4v) is 2.95. The molecule has 1 saturated heterocycles. The van der Waals surface area contributed by atoms with Crippen LogP contribution in [0.3, 0.4) is 0 Å². The SMILES string of the molecule is Cc1cc(N2CCN(C(=O)c3ccc(F)c(F)c3)CC2)nc(C(C)C)n1. The number of hydrogen-bond acceptors (Lipinski definition) is 4. The number of amides is 1. The van der Waals surface area contributed by atoms with E-state index in [4.69, 9.17) is 0 Å². The highest BCUT2D eigenvalue weighted by atomic mass is 19.2. The summed E-state index contributed by atoms with van der Waals surface area (Å²) in [7, 11) is 0. The maximum atomic E-state index is 13.4. The largest absolute Gasteiger partial charge is 0.353 e. The fraction of sp³-hybridized carbons (Fsp3) is 0.421. The number of aromatic nitrogens is 2. The number of rotatable bonds is 3. The van der Waals surface area contributed by atoms with E-state index in [1.165, 1.54) is 6.07 Å². The lowest BCUT2D eigenvalue weighted by atomic mass is 10.1. The number of carbonyl (C=O) groups excluding carboxylic acids is 1. The summed E-state index contributed by atoms with van der Waals surface area (Å²) < 4.78 is 26.4. The van der Waals surface area contributed by atoms with Gasteiger partial charge in [-0.3, -0.25) is 4.79 Å². The molecule has 0 spiro atoms. The minimum Gasteiger partial charge on any atom is -0.353 e. The van der Waals surface area contributed by atoms with Crippen LogP contribution in [0, 0.1) is 18.6 Å². The number of aryl methyl sites for hydroxylation is 1. The molecule has 1 aliphatic rings. The fourth-order valence-electron chi connectivity index (χ4n) is 2.95. The average Bonchev–Trinajstić information content (AvgIpc) is 2.63. The topological polar surface area (TPSA) is 49.3 Å². The van der Waals surface area contributed by atoms with Crippen LogP contribution in [-0.4, -0.2) is 47.0 Å². The quantitative estimate of drug-likeness (QED) is 0.844. The van der Waals surface area contributed by atoms with Crippen molar-refractivity contribution < 1.29 is 13.6 Å². The Morgan fingerprint density at radius 1 is 1.04 bits per heavy atom. The van der Waals surface area contributed by atoms with Crippen LogP contribution < -0.4 is 4.90 Å². The van der Waals surface area contributed by atoms with E-state index in [1.807, 2.05) is 13.0 Å². The van der Waals surface area contributed by atoms with E-state index in [2.05, 4.69) is 28.7 Å². The highest BCUT2D eigenvalue weighted by molar-refractivity contribution is 5.94. The second kappa shape index (κ2) is 7.35. The van der Waals surface area contributed by atoms with E-state index < -0.39 is 11.6 Å². The molecule has 0 atom stereocenters. The zero-order valence-corrected chi connectivity index (χ0v) is 15.2. The van der Waals surface area contributed by atoms with Crippen molar-refractivity contribution in [3.8, 4) is 0 Å². The number of nitrogens with zero attached hydrogens (tertiary/aromatic N) is 4. The second-order valence-electron chi connectivity index (χ2n) is 6.79. The van der Waals surface area contributed by atoms with Crippen molar-refractivity contribution in [3.05, 3.63) is 53.0 Å². The first kappa shape index (κ1) is 18.2. The first-order valence-electron chi connectivity index (χ1n) is 8.70. The third kappa shape index (κ3) is 3.81. The van der Waals surface area contributed by atoms with Crippen LogP contribution in [-0.2, 0) is 0 Å². The number of carbonyl (C=O) groups is 1. The Hall–Kier alpha value is -2.57. The molecule has 0 N–H and O–H groups in total. The molecule has 0 bridgehead atoms. The van der Waals surface area contributed by atoms with Crippen molar-refractivity contribution in [1.82, 2.24) is 14.9 Å². The lowest BCUT2D eigenvalue weighted by Crippen LogP contribution is -2.49. The van der Waals surface area contributed by atoms with Crippen molar-refractivity contribution in [2.75, 3.05) is 31.1 Å². The number of benzene rings is 1. The third-order valence-corrected chi connectivity index (χ3v) is 4.43. The van der Waals surface area contributed by atoms with Crippen LogP contribution in [0.1, 0.15) is 41.6 Å². The van der Waals surface area contributed by atoms with E-state index in [9.17, 15) is 13.6 Å².